The number of hydrogen-bond donors (Lipinski definition) is 1. The van der Waals surface area contributed by atoms with Crippen LogP contribution in [0.2, 0.25) is 0 Å². The monoisotopic (exact) mass is 339 g/mol. The number of rotatable bonds is 4. The highest BCUT2D eigenvalue weighted by atomic mass is 79.9. The van der Waals surface area contributed by atoms with Crippen LogP contribution in [0.15, 0.2) is 22.7 Å². The molecule has 2 aromatic rings. The van der Waals surface area contributed by atoms with Gasteiger partial charge in [0, 0.05) is 40.9 Å². The van der Waals surface area contributed by atoms with Crippen molar-refractivity contribution in [1.29, 1.82) is 0 Å². The Balaban J connectivity index is 2.12. The molecule has 2 rings (SSSR count). The van der Waals surface area contributed by atoms with E-state index in [9.17, 15) is 4.39 Å². The van der Waals surface area contributed by atoms with Crippen LogP contribution in [0.4, 0.5) is 4.39 Å². The fourth-order valence-electron chi connectivity index (χ4n) is 2.28. The molecule has 1 N–H and O–H groups in total. The Hall–Kier alpha value is -1.20. The van der Waals surface area contributed by atoms with Crippen LogP contribution in [0.25, 0.3) is 0 Å². The Kier molecular flexibility index (Phi) is 4.60. The van der Waals surface area contributed by atoms with Crippen LogP contribution in [-0.4, -0.2) is 9.78 Å². The molecule has 0 saturated heterocycles. The second-order valence-electron chi connectivity index (χ2n) is 5.04. The van der Waals surface area contributed by atoms with Gasteiger partial charge in [-0.1, -0.05) is 15.9 Å². The summed E-state index contributed by atoms with van der Waals surface area (Å²) >= 11 is 3.38. The Morgan fingerprint density at radius 1 is 1.40 bits per heavy atom. The summed E-state index contributed by atoms with van der Waals surface area (Å²) in [7, 11) is 1.93. The molecule has 1 aromatic carbocycles. The molecular formula is C15H19BrFN3. The normalized spacial score (nSPS) is 12.7. The molecule has 0 bridgehead atoms. The molecule has 3 nitrogen and oxygen atoms in total. The first-order valence-corrected chi connectivity index (χ1v) is 7.37. The van der Waals surface area contributed by atoms with E-state index in [-0.39, 0.29) is 11.9 Å². The second kappa shape index (κ2) is 6.06. The predicted octanol–water partition coefficient (Wildman–Crippen LogP) is 3.79. The van der Waals surface area contributed by atoms with Crippen molar-refractivity contribution in [2.24, 2.45) is 7.05 Å². The van der Waals surface area contributed by atoms with E-state index in [1.165, 1.54) is 11.6 Å². The molecule has 0 radical (unpaired) electrons. The van der Waals surface area contributed by atoms with Crippen LogP contribution in [0.5, 0.6) is 0 Å². The fraction of sp³-hybridized carbons (Fsp3) is 0.400. The molecule has 1 heterocycles. The summed E-state index contributed by atoms with van der Waals surface area (Å²) in [4.78, 5) is 0. The third-order valence-corrected chi connectivity index (χ3v) is 4.16. The van der Waals surface area contributed by atoms with Gasteiger partial charge in [-0.15, -0.1) is 0 Å². The van der Waals surface area contributed by atoms with Gasteiger partial charge in [-0.25, -0.2) is 4.39 Å². The highest BCUT2D eigenvalue weighted by Gasteiger charge is 2.14. The van der Waals surface area contributed by atoms with Crippen molar-refractivity contribution in [3.63, 3.8) is 0 Å². The van der Waals surface area contributed by atoms with Gasteiger partial charge >= 0.3 is 0 Å². The lowest BCUT2D eigenvalue weighted by Crippen LogP contribution is -2.20. The summed E-state index contributed by atoms with van der Waals surface area (Å²) in [5.41, 5.74) is 3.99. The first kappa shape index (κ1) is 15.2. The second-order valence-corrected chi connectivity index (χ2v) is 5.96. The zero-order chi connectivity index (χ0) is 14.9. The zero-order valence-electron chi connectivity index (χ0n) is 12.2. The van der Waals surface area contributed by atoms with Gasteiger partial charge in [0.1, 0.15) is 5.82 Å². The molecule has 0 spiro atoms. The van der Waals surface area contributed by atoms with Crippen molar-refractivity contribution in [1.82, 2.24) is 15.1 Å². The van der Waals surface area contributed by atoms with Crippen LogP contribution >= 0.6 is 15.9 Å². The lowest BCUT2D eigenvalue weighted by Gasteiger charge is -2.15. The van der Waals surface area contributed by atoms with Crippen molar-refractivity contribution >= 4 is 15.9 Å². The molecule has 20 heavy (non-hydrogen) atoms. The van der Waals surface area contributed by atoms with E-state index in [4.69, 9.17) is 0 Å². The average molecular weight is 340 g/mol. The van der Waals surface area contributed by atoms with Gasteiger partial charge in [0.15, 0.2) is 0 Å². The van der Waals surface area contributed by atoms with Gasteiger partial charge < -0.3 is 5.32 Å². The number of nitrogens with zero attached hydrogens (tertiary/aromatic N) is 2. The van der Waals surface area contributed by atoms with E-state index in [2.05, 4.69) is 26.3 Å². The van der Waals surface area contributed by atoms with Crippen molar-refractivity contribution < 1.29 is 4.39 Å². The number of hydrogen-bond acceptors (Lipinski definition) is 2. The molecule has 108 valence electrons. The third-order valence-electron chi connectivity index (χ3n) is 3.67. The molecule has 1 atom stereocenters. The smallest absolute Gasteiger partial charge is 0.128 e. The fourth-order valence-corrected chi connectivity index (χ4v) is 2.66. The average Bonchev–Trinajstić information content (AvgIpc) is 2.64. The number of aromatic nitrogens is 2. The lowest BCUT2D eigenvalue weighted by molar-refractivity contribution is 0.526. The maximum atomic E-state index is 13.8. The van der Waals surface area contributed by atoms with Crippen LogP contribution in [0, 0.1) is 19.7 Å². The first-order valence-electron chi connectivity index (χ1n) is 6.57. The van der Waals surface area contributed by atoms with E-state index >= 15 is 0 Å². The quantitative estimate of drug-likeness (QED) is 0.918. The Morgan fingerprint density at radius 3 is 2.70 bits per heavy atom. The van der Waals surface area contributed by atoms with Crippen LogP contribution < -0.4 is 5.32 Å². The minimum Gasteiger partial charge on any atom is -0.306 e. The van der Waals surface area contributed by atoms with Crippen LogP contribution in [-0.2, 0) is 13.6 Å². The van der Waals surface area contributed by atoms with Gasteiger partial charge in [-0.2, -0.15) is 5.10 Å². The van der Waals surface area contributed by atoms with Crippen molar-refractivity contribution in [2.45, 2.75) is 33.4 Å². The maximum Gasteiger partial charge on any atom is 0.128 e. The molecule has 1 aromatic heterocycles. The van der Waals surface area contributed by atoms with E-state index in [1.54, 1.807) is 6.07 Å². The number of aryl methyl sites for hydroxylation is 2. The largest absolute Gasteiger partial charge is 0.306 e. The van der Waals surface area contributed by atoms with Gasteiger partial charge in [0.2, 0.25) is 0 Å². The Bertz CT molecular complexity index is 622. The predicted molar refractivity (Wildman–Crippen MR) is 82.0 cm³/mol. The zero-order valence-corrected chi connectivity index (χ0v) is 13.8. The standard InChI is InChI=1S/C15H19BrFN3/c1-9(13-7-12(16)5-6-15(13)17)18-8-14-10(2)19-20(4)11(14)3/h5-7,9,18H,8H2,1-4H3. The molecule has 5 heteroatoms. The van der Waals surface area contributed by atoms with Crippen molar-refractivity contribution in [3.05, 3.63) is 51.0 Å². The van der Waals surface area contributed by atoms with E-state index in [1.807, 2.05) is 38.6 Å². The van der Waals surface area contributed by atoms with Gasteiger partial charge in [0.25, 0.3) is 0 Å². The van der Waals surface area contributed by atoms with Gasteiger partial charge in [-0.05, 0) is 39.0 Å². The highest BCUT2D eigenvalue weighted by Crippen LogP contribution is 2.22. The number of benzene rings is 1. The molecular weight excluding hydrogens is 321 g/mol. The third kappa shape index (κ3) is 3.10. The Labute approximate surface area is 127 Å². The molecule has 0 amide bonds. The maximum absolute atomic E-state index is 13.8. The minimum absolute atomic E-state index is 0.0634. The van der Waals surface area contributed by atoms with Crippen molar-refractivity contribution in [3.8, 4) is 0 Å². The lowest BCUT2D eigenvalue weighted by atomic mass is 10.1. The van der Waals surface area contributed by atoms with Gasteiger partial charge in [0.05, 0.1) is 5.69 Å². The first-order chi connectivity index (χ1) is 9.40. The number of halogens is 2. The summed E-state index contributed by atoms with van der Waals surface area (Å²) in [6.45, 7) is 6.68. The highest BCUT2D eigenvalue weighted by molar-refractivity contribution is 9.10. The topological polar surface area (TPSA) is 29.9 Å². The summed E-state index contributed by atoms with van der Waals surface area (Å²) in [5, 5.41) is 7.75. The minimum atomic E-state index is -0.187. The van der Waals surface area contributed by atoms with Crippen LogP contribution in [0.3, 0.4) is 0 Å². The summed E-state index contributed by atoms with van der Waals surface area (Å²) in [6, 6.07) is 4.95. The summed E-state index contributed by atoms with van der Waals surface area (Å²) in [6.07, 6.45) is 0. The summed E-state index contributed by atoms with van der Waals surface area (Å²) < 4.78 is 16.6. The molecule has 0 aliphatic rings. The summed E-state index contributed by atoms with van der Waals surface area (Å²) in [5.74, 6) is -0.187. The molecule has 0 fully saturated rings. The van der Waals surface area contributed by atoms with Crippen LogP contribution in [0.1, 0.15) is 35.5 Å². The number of nitrogens with one attached hydrogen (secondary N) is 1. The van der Waals surface area contributed by atoms with Gasteiger partial charge in [-0.3, -0.25) is 4.68 Å². The molecule has 0 saturated carbocycles. The molecule has 1 unspecified atom stereocenters. The van der Waals surface area contributed by atoms with E-state index < -0.39 is 0 Å². The van der Waals surface area contributed by atoms with E-state index in [0.29, 0.717) is 12.1 Å². The van der Waals surface area contributed by atoms with E-state index in [0.717, 1.165) is 15.9 Å². The van der Waals surface area contributed by atoms with Crippen molar-refractivity contribution in [2.75, 3.05) is 0 Å². The molecule has 0 aliphatic heterocycles. The molecule has 0 aliphatic carbocycles. The SMILES string of the molecule is Cc1nn(C)c(C)c1CNC(C)c1cc(Br)ccc1F. The Morgan fingerprint density at radius 2 is 2.10 bits per heavy atom.